The minimum absolute atomic E-state index is 0.142. The summed E-state index contributed by atoms with van der Waals surface area (Å²) in [6.45, 7) is 3.99. The molecule has 1 aliphatic heterocycles. The van der Waals surface area contributed by atoms with Crippen LogP contribution in [0.15, 0.2) is 48.5 Å². The first-order valence-corrected chi connectivity index (χ1v) is 9.80. The van der Waals surface area contributed by atoms with Gasteiger partial charge in [-0.15, -0.1) is 0 Å². The summed E-state index contributed by atoms with van der Waals surface area (Å²) in [6, 6.07) is 12.4. The molecule has 1 aliphatic rings. The van der Waals surface area contributed by atoms with E-state index in [1.807, 2.05) is 36.1 Å². The van der Waals surface area contributed by atoms with Crippen LogP contribution >= 0.6 is 0 Å². The van der Waals surface area contributed by atoms with Gasteiger partial charge in [-0.3, -0.25) is 9.69 Å². The van der Waals surface area contributed by atoms with Gasteiger partial charge in [-0.25, -0.2) is 0 Å². The average Bonchev–Trinajstić information content (AvgIpc) is 2.72. The van der Waals surface area contributed by atoms with Crippen molar-refractivity contribution in [1.29, 1.82) is 0 Å². The summed E-state index contributed by atoms with van der Waals surface area (Å²) >= 11 is 0. The van der Waals surface area contributed by atoms with Crippen molar-refractivity contribution in [3.63, 3.8) is 0 Å². The van der Waals surface area contributed by atoms with Crippen molar-refractivity contribution in [3.05, 3.63) is 65.2 Å². The fraction of sp³-hybridized carbons (Fsp3) is 0.409. The Labute approximate surface area is 173 Å². The van der Waals surface area contributed by atoms with Gasteiger partial charge in [-0.05, 0) is 30.7 Å². The number of hydrogen-bond donors (Lipinski definition) is 1. The predicted molar refractivity (Wildman–Crippen MR) is 106 cm³/mol. The van der Waals surface area contributed by atoms with Gasteiger partial charge < -0.3 is 14.7 Å². The summed E-state index contributed by atoms with van der Waals surface area (Å²) in [6.07, 6.45) is -5.28. The Balaban J connectivity index is 1.50. The van der Waals surface area contributed by atoms with Gasteiger partial charge in [0.15, 0.2) is 0 Å². The van der Waals surface area contributed by atoms with Crippen LogP contribution in [0.5, 0.6) is 5.75 Å². The average molecular weight is 422 g/mol. The second-order valence-electron chi connectivity index (χ2n) is 7.37. The number of carbonyl (C=O) groups excluding carboxylic acids is 1. The van der Waals surface area contributed by atoms with Gasteiger partial charge in [0.2, 0.25) is 0 Å². The van der Waals surface area contributed by atoms with Crippen molar-refractivity contribution < 1.29 is 27.8 Å². The quantitative estimate of drug-likeness (QED) is 0.777. The highest BCUT2D eigenvalue weighted by Gasteiger charge is 2.36. The highest BCUT2D eigenvalue weighted by atomic mass is 19.4. The highest BCUT2D eigenvalue weighted by molar-refractivity contribution is 5.96. The molecule has 2 aromatic carbocycles. The Morgan fingerprint density at radius 3 is 2.37 bits per heavy atom. The van der Waals surface area contributed by atoms with E-state index in [0.717, 1.165) is 17.4 Å². The van der Waals surface area contributed by atoms with Crippen molar-refractivity contribution >= 4 is 5.91 Å². The van der Waals surface area contributed by atoms with E-state index in [-0.39, 0.29) is 12.2 Å². The molecule has 3 rings (SSSR count). The zero-order valence-corrected chi connectivity index (χ0v) is 16.7. The van der Waals surface area contributed by atoms with Gasteiger partial charge in [0.25, 0.3) is 5.91 Å². The molecule has 8 heteroatoms. The lowest BCUT2D eigenvalue weighted by molar-refractivity contribution is -0.138. The van der Waals surface area contributed by atoms with Crippen molar-refractivity contribution in [1.82, 2.24) is 9.80 Å². The van der Waals surface area contributed by atoms with Gasteiger partial charge >= 0.3 is 6.18 Å². The number of ether oxygens (including phenoxy) is 1. The molecule has 0 saturated carbocycles. The van der Waals surface area contributed by atoms with Crippen LogP contribution in [-0.4, -0.2) is 66.2 Å². The number of nitrogens with zero attached hydrogens (tertiary/aromatic N) is 2. The highest BCUT2D eigenvalue weighted by Crippen LogP contribution is 2.32. The maximum absolute atomic E-state index is 13.2. The predicted octanol–water partition coefficient (Wildman–Crippen LogP) is 3.21. The molecular formula is C22H25F3N2O3. The molecule has 0 bridgehead atoms. The minimum atomic E-state index is -4.57. The lowest BCUT2D eigenvalue weighted by atomic mass is 10.1. The van der Waals surface area contributed by atoms with E-state index in [1.165, 1.54) is 23.1 Å². The summed E-state index contributed by atoms with van der Waals surface area (Å²) in [5.74, 6) is 0.0984. The van der Waals surface area contributed by atoms with Gasteiger partial charge in [-0.2, -0.15) is 13.2 Å². The van der Waals surface area contributed by atoms with Crippen LogP contribution in [0.3, 0.4) is 0 Å². The molecule has 1 fully saturated rings. The SMILES string of the molecule is Cc1ccccc1OCC(O)CN1CCN(C(=O)c2ccccc2C(F)(F)F)CC1. The van der Waals surface area contributed by atoms with E-state index in [4.69, 9.17) is 4.74 Å². The molecule has 1 atom stereocenters. The summed E-state index contributed by atoms with van der Waals surface area (Å²) < 4.78 is 45.2. The number of aliphatic hydroxyl groups excluding tert-OH is 1. The van der Waals surface area contributed by atoms with E-state index in [1.54, 1.807) is 0 Å². The Morgan fingerprint density at radius 2 is 1.70 bits per heavy atom. The third-order valence-corrected chi connectivity index (χ3v) is 5.12. The van der Waals surface area contributed by atoms with Gasteiger partial charge in [0, 0.05) is 32.7 Å². The first-order valence-electron chi connectivity index (χ1n) is 9.80. The number of amides is 1. The molecular weight excluding hydrogens is 397 g/mol. The Bertz CT molecular complexity index is 865. The van der Waals surface area contributed by atoms with Crippen LogP contribution in [0.25, 0.3) is 0 Å². The van der Waals surface area contributed by atoms with E-state index >= 15 is 0 Å². The molecule has 162 valence electrons. The van der Waals surface area contributed by atoms with Crippen LogP contribution in [0.2, 0.25) is 0 Å². The number of para-hydroxylation sites is 1. The summed E-state index contributed by atoms with van der Waals surface area (Å²) in [4.78, 5) is 16.0. The van der Waals surface area contributed by atoms with Crippen molar-refractivity contribution in [2.45, 2.75) is 19.2 Å². The molecule has 1 N–H and O–H groups in total. The van der Waals surface area contributed by atoms with E-state index in [0.29, 0.717) is 32.7 Å². The maximum atomic E-state index is 13.2. The third-order valence-electron chi connectivity index (χ3n) is 5.12. The fourth-order valence-corrected chi connectivity index (χ4v) is 3.48. The van der Waals surface area contributed by atoms with E-state index in [9.17, 15) is 23.1 Å². The number of β-amino-alcohol motifs (C(OH)–C–C–N with tert-alkyl or cyclic N) is 1. The smallest absolute Gasteiger partial charge is 0.417 e. The normalized spacial score (nSPS) is 16.4. The van der Waals surface area contributed by atoms with Crippen LogP contribution in [0, 0.1) is 6.92 Å². The Kier molecular flexibility index (Phi) is 6.99. The summed E-state index contributed by atoms with van der Waals surface area (Å²) in [7, 11) is 0. The zero-order valence-electron chi connectivity index (χ0n) is 16.7. The summed E-state index contributed by atoms with van der Waals surface area (Å²) in [5.41, 5.74) is -0.262. The maximum Gasteiger partial charge on any atom is 0.417 e. The van der Waals surface area contributed by atoms with Crippen molar-refractivity contribution in [3.8, 4) is 5.75 Å². The molecule has 1 heterocycles. The molecule has 1 amide bonds. The monoisotopic (exact) mass is 422 g/mol. The molecule has 2 aromatic rings. The Morgan fingerprint density at radius 1 is 1.07 bits per heavy atom. The largest absolute Gasteiger partial charge is 0.491 e. The van der Waals surface area contributed by atoms with Crippen LogP contribution in [0.1, 0.15) is 21.5 Å². The Hall–Kier alpha value is -2.58. The second kappa shape index (κ2) is 9.49. The molecule has 1 unspecified atom stereocenters. The number of hydrogen-bond acceptors (Lipinski definition) is 4. The molecule has 0 spiro atoms. The van der Waals surface area contributed by atoms with Crippen molar-refractivity contribution in [2.24, 2.45) is 0 Å². The lowest BCUT2D eigenvalue weighted by Crippen LogP contribution is -2.51. The number of rotatable bonds is 6. The lowest BCUT2D eigenvalue weighted by Gasteiger charge is -2.36. The number of piperazine rings is 1. The van der Waals surface area contributed by atoms with Crippen LogP contribution < -0.4 is 4.74 Å². The van der Waals surface area contributed by atoms with E-state index < -0.39 is 23.8 Å². The zero-order chi connectivity index (χ0) is 21.7. The number of carbonyl (C=O) groups is 1. The molecule has 0 aliphatic carbocycles. The minimum Gasteiger partial charge on any atom is -0.491 e. The van der Waals surface area contributed by atoms with Gasteiger partial charge in [0.1, 0.15) is 18.5 Å². The first-order chi connectivity index (χ1) is 14.3. The number of alkyl halides is 3. The third kappa shape index (κ3) is 5.52. The number of aryl methyl sites for hydroxylation is 1. The topological polar surface area (TPSA) is 53.0 Å². The van der Waals surface area contributed by atoms with Crippen molar-refractivity contribution in [2.75, 3.05) is 39.3 Å². The van der Waals surface area contributed by atoms with Gasteiger partial charge in [0.05, 0.1) is 11.1 Å². The number of aliphatic hydroxyl groups is 1. The molecule has 0 aromatic heterocycles. The first kappa shape index (κ1) is 22.1. The van der Waals surface area contributed by atoms with Gasteiger partial charge in [-0.1, -0.05) is 30.3 Å². The number of halogens is 3. The van der Waals surface area contributed by atoms with Crippen LogP contribution in [0.4, 0.5) is 13.2 Å². The number of benzene rings is 2. The molecule has 30 heavy (non-hydrogen) atoms. The summed E-state index contributed by atoms with van der Waals surface area (Å²) in [5, 5.41) is 10.3. The van der Waals surface area contributed by atoms with Crippen LogP contribution in [-0.2, 0) is 6.18 Å². The van der Waals surface area contributed by atoms with E-state index in [2.05, 4.69) is 0 Å². The fourth-order valence-electron chi connectivity index (χ4n) is 3.48. The molecule has 0 radical (unpaired) electrons. The standard InChI is InChI=1S/C22H25F3N2O3/c1-16-6-2-5-9-20(16)30-15-17(28)14-26-10-12-27(13-11-26)21(29)18-7-3-4-8-19(18)22(23,24)25/h2-9,17,28H,10-15H2,1H3. The second-order valence-corrected chi connectivity index (χ2v) is 7.37. The molecule has 1 saturated heterocycles. The molecule has 5 nitrogen and oxygen atoms in total.